The van der Waals surface area contributed by atoms with Gasteiger partial charge in [-0.3, -0.25) is 9.63 Å². The van der Waals surface area contributed by atoms with Crippen LogP contribution in [0.4, 0.5) is 0 Å². The van der Waals surface area contributed by atoms with Gasteiger partial charge < -0.3 is 9.84 Å². The average Bonchev–Trinajstić information content (AvgIpc) is 2.94. The molecule has 1 saturated heterocycles. The van der Waals surface area contributed by atoms with E-state index in [4.69, 9.17) is 4.84 Å². The van der Waals surface area contributed by atoms with Gasteiger partial charge in [0.15, 0.2) is 0 Å². The van der Waals surface area contributed by atoms with Gasteiger partial charge in [0.2, 0.25) is 0 Å². The van der Waals surface area contributed by atoms with Crippen LogP contribution in [-0.2, 0) is 9.57 Å². The van der Waals surface area contributed by atoms with Crippen LogP contribution in [0, 0.1) is 0 Å². The second kappa shape index (κ2) is 5.81. The normalized spacial score (nSPS) is 18.4. The van der Waals surface area contributed by atoms with Crippen LogP contribution < -0.4 is 0 Å². The molecule has 2 rings (SSSR count). The smallest absolute Gasteiger partial charge is 0.338 e. The SMILES string of the molecule is COC(=O)c1ccccc1C(=O)N1OCCC1CO. The Morgan fingerprint density at radius 3 is 2.74 bits per heavy atom. The minimum absolute atomic E-state index is 0.174. The Balaban J connectivity index is 2.31. The van der Waals surface area contributed by atoms with Gasteiger partial charge in [-0.1, -0.05) is 12.1 Å². The maximum atomic E-state index is 12.3. The van der Waals surface area contributed by atoms with Crippen molar-refractivity contribution in [2.75, 3.05) is 20.3 Å². The number of ether oxygens (including phenoxy) is 1. The fraction of sp³-hybridized carbons (Fsp3) is 0.385. The summed E-state index contributed by atoms with van der Waals surface area (Å²) in [5, 5.41) is 10.3. The van der Waals surface area contributed by atoms with E-state index >= 15 is 0 Å². The Labute approximate surface area is 110 Å². The second-order valence-electron chi connectivity index (χ2n) is 4.13. The van der Waals surface area contributed by atoms with Crippen molar-refractivity contribution in [2.24, 2.45) is 0 Å². The van der Waals surface area contributed by atoms with Gasteiger partial charge in [0.1, 0.15) is 0 Å². The molecule has 1 N–H and O–H groups in total. The summed E-state index contributed by atoms with van der Waals surface area (Å²) in [6.07, 6.45) is 0.572. The summed E-state index contributed by atoms with van der Waals surface area (Å²) in [6.45, 7) is 0.198. The molecule has 0 aromatic heterocycles. The third-order valence-corrected chi connectivity index (χ3v) is 2.99. The highest BCUT2D eigenvalue weighted by Crippen LogP contribution is 2.20. The Bertz CT molecular complexity index is 488. The predicted molar refractivity (Wildman–Crippen MR) is 65.4 cm³/mol. The molecule has 102 valence electrons. The number of aliphatic hydroxyl groups excluding tert-OH is 1. The van der Waals surface area contributed by atoms with E-state index in [1.54, 1.807) is 12.1 Å². The quantitative estimate of drug-likeness (QED) is 0.810. The van der Waals surface area contributed by atoms with Crippen molar-refractivity contribution < 1.29 is 24.3 Å². The first-order chi connectivity index (χ1) is 9.19. The number of rotatable bonds is 3. The first-order valence-corrected chi connectivity index (χ1v) is 5.93. The molecule has 1 aliphatic heterocycles. The third-order valence-electron chi connectivity index (χ3n) is 2.99. The van der Waals surface area contributed by atoms with Crippen molar-refractivity contribution in [1.29, 1.82) is 0 Å². The Kier molecular flexibility index (Phi) is 4.13. The van der Waals surface area contributed by atoms with Crippen molar-refractivity contribution in [1.82, 2.24) is 5.06 Å². The Morgan fingerprint density at radius 1 is 1.42 bits per heavy atom. The average molecular weight is 265 g/mol. The van der Waals surface area contributed by atoms with Crippen molar-refractivity contribution >= 4 is 11.9 Å². The van der Waals surface area contributed by atoms with Gasteiger partial charge in [0.05, 0.1) is 37.5 Å². The fourth-order valence-corrected chi connectivity index (χ4v) is 1.98. The van der Waals surface area contributed by atoms with Gasteiger partial charge in [0.25, 0.3) is 5.91 Å². The van der Waals surface area contributed by atoms with Crippen molar-refractivity contribution in [3.8, 4) is 0 Å². The maximum absolute atomic E-state index is 12.3. The molecule has 1 unspecified atom stereocenters. The highest BCUT2D eigenvalue weighted by molar-refractivity contribution is 6.05. The van der Waals surface area contributed by atoms with E-state index in [0.29, 0.717) is 13.0 Å². The molecular weight excluding hydrogens is 250 g/mol. The first kappa shape index (κ1) is 13.5. The van der Waals surface area contributed by atoms with E-state index in [1.807, 2.05) is 0 Å². The molecule has 1 aromatic carbocycles. The number of esters is 1. The monoisotopic (exact) mass is 265 g/mol. The lowest BCUT2D eigenvalue weighted by Crippen LogP contribution is -2.37. The zero-order chi connectivity index (χ0) is 13.8. The van der Waals surface area contributed by atoms with Crippen molar-refractivity contribution in [3.05, 3.63) is 35.4 Å². The lowest BCUT2D eigenvalue weighted by atomic mass is 10.1. The summed E-state index contributed by atoms with van der Waals surface area (Å²) in [4.78, 5) is 29.2. The highest BCUT2D eigenvalue weighted by atomic mass is 16.7. The van der Waals surface area contributed by atoms with Crippen LogP contribution in [0.1, 0.15) is 27.1 Å². The molecule has 6 heteroatoms. The molecule has 0 saturated carbocycles. The Morgan fingerprint density at radius 2 is 2.11 bits per heavy atom. The highest BCUT2D eigenvalue weighted by Gasteiger charge is 2.32. The third kappa shape index (κ3) is 2.59. The number of aliphatic hydroxyl groups is 1. The number of nitrogens with zero attached hydrogens (tertiary/aromatic N) is 1. The Hall–Kier alpha value is -1.92. The number of amides is 1. The van der Waals surface area contributed by atoms with Crippen molar-refractivity contribution in [2.45, 2.75) is 12.5 Å². The molecule has 1 amide bonds. The predicted octanol–water partition coefficient (Wildman–Crippen LogP) is 0.612. The maximum Gasteiger partial charge on any atom is 0.338 e. The number of carbonyl (C=O) groups excluding carboxylic acids is 2. The van der Waals surface area contributed by atoms with Gasteiger partial charge in [-0.15, -0.1) is 0 Å². The molecule has 1 aliphatic rings. The number of hydroxylamine groups is 2. The van der Waals surface area contributed by atoms with E-state index in [1.165, 1.54) is 19.2 Å². The molecule has 1 aromatic rings. The molecule has 1 fully saturated rings. The summed E-state index contributed by atoms with van der Waals surface area (Å²) in [7, 11) is 1.26. The number of carbonyl (C=O) groups is 2. The molecule has 19 heavy (non-hydrogen) atoms. The van der Waals surface area contributed by atoms with Crippen LogP contribution in [-0.4, -0.2) is 48.4 Å². The van der Waals surface area contributed by atoms with E-state index in [2.05, 4.69) is 4.74 Å². The number of hydrogen-bond acceptors (Lipinski definition) is 5. The van der Waals surface area contributed by atoms with Gasteiger partial charge in [0, 0.05) is 0 Å². The molecule has 0 spiro atoms. The first-order valence-electron chi connectivity index (χ1n) is 5.93. The minimum atomic E-state index is -0.580. The topological polar surface area (TPSA) is 76.1 Å². The van der Waals surface area contributed by atoms with Crippen LogP contribution >= 0.6 is 0 Å². The molecule has 0 aliphatic carbocycles. The lowest BCUT2D eigenvalue weighted by Gasteiger charge is -2.21. The molecular formula is C13H15NO5. The van der Waals surface area contributed by atoms with Crippen LogP contribution in [0.15, 0.2) is 24.3 Å². The van der Waals surface area contributed by atoms with Crippen molar-refractivity contribution in [3.63, 3.8) is 0 Å². The summed E-state index contributed by atoms with van der Waals surface area (Å²) in [5.41, 5.74) is 0.386. The second-order valence-corrected chi connectivity index (χ2v) is 4.13. The number of methoxy groups -OCH3 is 1. The van der Waals surface area contributed by atoms with Gasteiger partial charge in [-0.05, 0) is 18.6 Å². The molecule has 1 heterocycles. The molecule has 6 nitrogen and oxygen atoms in total. The number of benzene rings is 1. The fourth-order valence-electron chi connectivity index (χ4n) is 1.98. The van der Waals surface area contributed by atoms with Crippen LogP contribution in [0.2, 0.25) is 0 Å². The van der Waals surface area contributed by atoms with E-state index < -0.39 is 11.9 Å². The molecule has 0 bridgehead atoms. The number of hydrogen-bond donors (Lipinski definition) is 1. The summed E-state index contributed by atoms with van der Waals surface area (Å²) in [6, 6.07) is 5.98. The summed E-state index contributed by atoms with van der Waals surface area (Å²) < 4.78 is 4.64. The summed E-state index contributed by atoms with van der Waals surface area (Å²) in [5.74, 6) is -1.03. The van der Waals surface area contributed by atoms with Gasteiger partial charge in [-0.2, -0.15) is 0 Å². The van der Waals surface area contributed by atoms with Crippen LogP contribution in [0.5, 0.6) is 0 Å². The molecule has 1 atom stereocenters. The van der Waals surface area contributed by atoms with Crippen LogP contribution in [0.3, 0.4) is 0 Å². The summed E-state index contributed by atoms with van der Waals surface area (Å²) >= 11 is 0. The van der Waals surface area contributed by atoms with E-state index in [-0.39, 0.29) is 23.8 Å². The zero-order valence-electron chi connectivity index (χ0n) is 10.5. The minimum Gasteiger partial charge on any atom is -0.465 e. The molecule has 0 radical (unpaired) electrons. The largest absolute Gasteiger partial charge is 0.465 e. The van der Waals surface area contributed by atoms with Gasteiger partial charge >= 0.3 is 5.97 Å². The standard InChI is InChI=1S/C13H15NO5/c1-18-13(17)11-5-3-2-4-10(11)12(16)14-9(8-15)6-7-19-14/h2-5,9,15H,6-8H2,1H3. The zero-order valence-corrected chi connectivity index (χ0v) is 10.5. The van der Waals surface area contributed by atoms with Gasteiger partial charge in [-0.25, -0.2) is 9.86 Å². The van der Waals surface area contributed by atoms with E-state index in [9.17, 15) is 14.7 Å². The van der Waals surface area contributed by atoms with Crippen LogP contribution in [0.25, 0.3) is 0 Å². The lowest BCUT2D eigenvalue weighted by molar-refractivity contribution is -0.102. The van der Waals surface area contributed by atoms with E-state index in [0.717, 1.165) is 5.06 Å².